The van der Waals surface area contributed by atoms with Crippen LogP contribution in [0.2, 0.25) is 0 Å². The molecule has 0 aliphatic carbocycles. The minimum atomic E-state index is -0.586. The fraction of sp³-hybridized carbons (Fsp3) is 0.353. The van der Waals surface area contributed by atoms with Gasteiger partial charge in [0.05, 0.1) is 0 Å². The van der Waals surface area contributed by atoms with Gasteiger partial charge in [-0.05, 0) is 40.7 Å². The molecule has 0 aliphatic heterocycles. The average Bonchev–Trinajstić information content (AvgIpc) is 2.38. The Morgan fingerprint density at radius 3 is 2.21 bits per heavy atom. The largest absolute Gasteiger partial charge is 0.384 e. The molecule has 0 aliphatic rings. The molecule has 2 nitrogen and oxygen atoms in total. The molecule has 0 saturated heterocycles. The van der Waals surface area contributed by atoms with Gasteiger partial charge >= 0.3 is 0 Å². The maximum absolute atomic E-state index is 10.4. The lowest BCUT2D eigenvalue weighted by Crippen LogP contribution is -2.11. The number of aryl methyl sites for hydroxylation is 1. The Morgan fingerprint density at radius 2 is 1.68 bits per heavy atom. The number of aliphatic hydroxyl groups is 1. The van der Waals surface area contributed by atoms with Crippen molar-refractivity contribution in [3.63, 3.8) is 0 Å². The van der Waals surface area contributed by atoms with Gasteiger partial charge in [0.25, 0.3) is 0 Å². The van der Waals surface area contributed by atoms with Crippen molar-refractivity contribution >= 4 is 0 Å². The molecule has 1 atom stereocenters. The molecule has 0 saturated carbocycles. The summed E-state index contributed by atoms with van der Waals surface area (Å²) in [5, 5.41) is 10.4. The standard InChI is InChI=1S/C17H21NO/c1-12-11-18-10-9-15(12)16(19)13-5-7-14(8-6-13)17(2,3)4/h5-11,16,19H,1-4H3. The van der Waals surface area contributed by atoms with Crippen molar-refractivity contribution in [2.75, 3.05) is 0 Å². The predicted octanol–water partition coefficient (Wildman–Crippen LogP) is 3.77. The molecule has 0 amide bonds. The van der Waals surface area contributed by atoms with Gasteiger partial charge in [-0.1, -0.05) is 45.0 Å². The van der Waals surface area contributed by atoms with Crippen LogP contribution in [0.25, 0.3) is 0 Å². The SMILES string of the molecule is Cc1cnccc1C(O)c1ccc(C(C)(C)C)cc1. The van der Waals surface area contributed by atoms with Gasteiger partial charge in [0, 0.05) is 12.4 Å². The van der Waals surface area contributed by atoms with Gasteiger partial charge in [0.1, 0.15) is 6.10 Å². The minimum Gasteiger partial charge on any atom is -0.384 e. The number of aromatic nitrogens is 1. The average molecular weight is 255 g/mol. The monoisotopic (exact) mass is 255 g/mol. The van der Waals surface area contributed by atoms with E-state index in [1.54, 1.807) is 12.4 Å². The first-order valence-electron chi connectivity index (χ1n) is 6.58. The van der Waals surface area contributed by atoms with Crippen molar-refractivity contribution in [3.8, 4) is 0 Å². The molecule has 2 aromatic rings. The maximum Gasteiger partial charge on any atom is 0.104 e. The fourth-order valence-corrected chi connectivity index (χ4v) is 2.14. The van der Waals surface area contributed by atoms with Gasteiger partial charge in [-0.15, -0.1) is 0 Å². The Bertz CT molecular complexity index is 552. The van der Waals surface area contributed by atoms with Crippen LogP contribution in [0, 0.1) is 6.92 Å². The highest BCUT2D eigenvalue weighted by Gasteiger charge is 2.16. The van der Waals surface area contributed by atoms with Gasteiger partial charge in [0.2, 0.25) is 0 Å². The van der Waals surface area contributed by atoms with Crippen LogP contribution in [0.5, 0.6) is 0 Å². The zero-order chi connectivity index (χ0) is 14.0. The second kappa shape index (κ2) is 5.14. The van der Waals surface area contributed by atoms with Crippen LogP contribution >= 0.6 is 0 Å². The molecule has 1 unspecified atom stereocenters. The number of pyridine rings is 1. The quantitative estimate of drug-likeness (QED) is 0.886. The van der Waals surface area contributed by atoms with E-state index in [0.717, 1.165) is 16.7 Å². The van der Waals surface area contributed by atoms with Gasteiger partial charge in [-0.2, -0.15) is 0 Å². The van der Waals surface area contributed by atoms with Crippen LogP contribution in [-0.4, -0.2) is 10.1 Å². The molecule has 19 heavy (non-hydrogen) atoms. The molecule has 0 fully saturated rings. The highest BCUT2D eigenvalue weighted by molar-refractivity contribution is 5.36. The van der Waals surface area contributed by atoms with E-state index in [-0.39, 0.29) is 5.41 Å². The van der Waals surface area contributed by atoms with Gasteiger partial charge in [0.15, 0.2) is 0 Å². The second-order valence-electron chi connectivity index (χ2n) is 6.01. The summed E-state index contributed by atoms with van der Waals surface area (Å²) in [6.45, 7) is 8.53. The molecule has 0 bridgehead atoms. The predicted molar refractivity (Wildman–Crippen MR) is 78.2 cm³/mol. The van der Waals surface area contributed by atoms with Crippen molar-refractivity contribution in [2.24, 2.45) is 0 Å². The van der Waals surface area contributed by atoms with Crippen molar-refractivity contribution in [1.82, 2.24) is 4.98 Å². The van der Waals surface area contributed by atoms with Crippen molar-refractivity contribution in [3.05, 3.63) is 65.0 Å². The lowest BCUT2D eigenvalue weighted by Gasteiger charge is -2.20. The normalized spacial score (nSPS) is 13.3. The summed E-state index contributed by atoms with van der Waals surface area (Å²) in [6, 6.07) is 10.1. The maximum atomic E-state index is 10.4. The number of rotatable bonds is 2. The first-order chi connectivity index (χ1) is 8.89. The van der Waals surface area contributed by atoms with E-state index < -0.39 is 6.10 Å². The molecule has 0 spiro atoms. The van der Waals surface area contributed by atoms with Gasteiger partial charge in [-0.3, -0.25) is 4.98 Å². The first kappa shape index (κ1) is 13.8. The number of hydrogen-bond donors (Lipinski definition) is 1. The van der Waals surface area contributed by atoms with Crippen LogP contribution in [0.3, 0.4) is 0 Å². The van der Waals surface area contributed by atoms with E-state index >= 15 is 0 Å². The zero-order valence-corrected chi connectivity index (χ0v) is 12.0. The summed E-state index contributed by atoms with van der Waals surface area (Å²) in [5.41, 5.74) is 4.25. The Balaban J connectivity index is 2.31. The summed E-state index contributed by atoms with van der Waals surface area (Å²) in [6.07, 6.45) is 2.91. The van der Waals surface area contributed by atoms with Crippen LogP contribution in [0.15, 0.2) is 42.7 Å². The molecular formula is C17H21NO. The molecule has 1 aromatic heterocycles. The zero-order valence-electron chi connectivity index (χ0n) is 12.0. The molecular weight excluding hydrogens is 234 g/mol. The lowest BCUT2D eigenvalue weighted by molar-refractivity contribution is 0.219. The molecule has 1 aromatic carbocycles. The Hall–Kier alpha value is -1.67. The molecule has 0 radical (unpaired) electrons. The third-order valence-corrected chi connectivity index (χ3v) is 3.45. The highest BCUT2D eigenvalue weighted by atomic mass is 16.3. The van der Waals surface area contributed by atoms with E-state index in [2.05, 4.69) is 37.9 Å². The van der Waals surface area contributed by atoms with E-state index in [1.807, 2.05) is 25.1 Å². The number of benzene rings is 1. The van der Waals surface area contributed by atoms with Crippen LogP contribution in [0.1, 0.15) is 49.1 Å². The third-order valence-electron chi connectivity index (χ3n) is 3.45. The topological polar surface area (TPSA) is 33.1 Å². The second-order valence-corrected chi connectivity index (χ2v) is 6.01. The summed E-state index contributed by atoms with van der Waals surface area (Å²) in [4.78, 5) is 4.06. The molecule has 100 valence electrons. The highest BCUT2D eigenvalue weighted by Crippen LogP contribution is 2.27. The number of aliphatic hydroxyl groups excluding tert-OH is 1. The van der Waals surface area contributed by atoms with Crippen molar-refractivity contribution < 1.29 is 5.11 Å². The third kappa shape index (κ3) is 3.02. The first-order valence-corrected chi connectivity index (χ1v) is 6.58. The minimum absolute atomic E-state index is 0.135. The van der Waals surface area contributed by atoms with E-state index in [9.17, 15) is 5.11 Å². The Kier molecular flexibility index (Phi) is 3.72. The number of nitrogens with zero attached hydrogens (tertiary/aromatic N) is 1. The summed E-state index contributed by atoms with van der Waals surface area (Å²) < 4.78 is 0. The molecule has 2 rings (SSSR count). The fourth-order valence-electron chi connectivity index (χ4n) is 2.14. The lowest BCUT2D eigenvalue weighted by atomic mass is 9.86. The Labute approximate surface area is 115 Å². The summed E-state index contributed by atoms with van der Waals surface area (Å²) >= 11 is 0. The van der Waals surface area contributed by atoms with Crippen LogP contribution in [-0.2, 0) is 5.41 Å². The van der Waals surface area contributed by atoms with Gasteiger partial charge in [-0.25, -0.2) is 0 Å². The van der Waals surface area contributed by atoms with Gasteiger partial charge < -0.3 is 5.11 Å². The van der Waals surface area contributed by atoms with E-state index in [4.69, 9.17) is 0 Å². The molecule has 1 heterocycles. The number of hydrogen-bond acceptors (Lipinski definition) is 2. The Morgan fingerprint density at radius 1 is 1.05 bits per heavy atom. The molecule has 2 heteroatoms. The van der Waals surface area contributed by atoms with Crippen molar-refractivity contribution in [2.45, 2.75) is 39.2 Å². The van der Waals surface area contributed by atoms with Crippen molar-refractivity contribution in [1.29, 1.82) is 0 Å². The molecule has 1 N–H and O–H groups in total. The van der Waals surface area contributed by atoms with Crippen LogP contribution < -0.4 is 0 Å². The summed E-state index contributed by atoms with van der Waals surface area (Å²) in [7, 11) is 0. The smallest absolute Gasteiger partial charge is 0.104 e. The van der Waals surface area contributed by atoms with Crippen LogP contribution in [0.4, 0.5) is 0 Å². The summed E-state index contributed by atoms with van der Waals surface area (Å²) in [5.74, 6) is 0. The van der Waals surface area contributed by atoms with E-state index in [0.29, 0.717) is 0 Å². The van der Waals surface area contributed by atoms with E-state index in [1.165, 1.54) is 5.56 Å².